The van der Waals surface area contributed by atoms with Crippen LogP contribution in [0.3, 0.4) is 0 Å². The van der Waals surface area contributed by atoms with Crippen LogP contribution in [0.1, 0.15) is 60.7 Å². The Balaban J connectivity index is 2.64. The lowest BCUT2D eigenvalue weighted by Gasteiger charge is -2.26. The maximum Gasteiger partial charge on any atom is 0.224 e. The zero-order valence-electron chi connectivity index (χ0n) is 13.7. The average Bonchev–Trinajstić information content (AvgIpc) is 2.26. The van der Waals surface area contributed by atoms with Crippen molar-refractivity contribution in [2.24, 2.45) is 11.3 Å². The number of anilines is 1. The number of aromatic nitrogens is 2. The maximum atomic E-state index is 12.0. The smallest absolute Gasteiger partial charge is 0.224 e. The fourth-order valence-electron chi connectivity index (χ4n) is 1.58. The molecule has 0 saturated heterocycles. The van der Waals surface area contributed by atoms with Gasteiger partial charge in [0.15, 0.2) is 0 Å². The van der Waals surface area contributed by atoms with Gasteiger partial charge in [-0.2, -0.15) is 0 Å². The van der Waals surface area contributed by atoms with Gasteiger partial charge in [0.05, 0.1) is 18.1 Å². The number of carbonyl (C=O) groups is 1. The summed E-state index contributed by atoms with van der Waals surface area (Å²) in [4.78, 5) is 20.6. The van der Waals surface area contributed by atoms with Crippen molar-refractivity contribution in [3.8, 4) is 0 Å². The fourth-order valence-corrected chi connectivity index (χ4v) is 1.58. The van der Waals surface area contributed by atoms with Gasteiger partial charge >= 0.3 is 0 Å². The van der Waals surface area contributed by atoms with Crippen molar-refractivity contribution >= 4 is 11.6 Å². The third-order valence-corrected chi connectivity index (χ3v) is 3.58. The molecule has 0 spiro atoms. The van der Waals surface area contributed by atoms with Crippen molar-refractivity contribution in [2.75, 3.05) is 5.32 Å². The molecule has 1 unspecified atom stereocenters. The number of nitrogens with one attached hydrogen (secondary N) is 1. The first-order chi connectivity index (χ1) is 9.00. The first-order valence-corrected chi connectivity index (χ1v) is 7.12. The molecule has 1 aromatic rings. The van der Waals surface area contributed by atoms with Crippen molar-refractivity contribution in [2.45, 2.75) is 60.3 Å². The lowest BCUT2D eigenvalue weighted by Crippen LogP contribution is -2.24. The molecule has 0 aliphatic heterocycles. The van der Waals surface area contributed by atoms with Crippen LogP contribution in [0.15, 0.2) is 12.4 Å². The molecular weight excluding hydrogens is 250 g/mol. The minimum atomic E-state index is -0.0801. The van der Waals surface area contributed by atoms with E-state index in [4.69, 9.17) is 0 Å². The predicted octanol–water partition coefficient (Wildman–Crippen LogP) is 3.78. The van der Waals surface area contributed by atoms with Gasteiger partial charge in [0, 0.05) is 11.8 Å². The molecule has 20 heavy (non-hydrogen) atoms. The average molecular weight is 277 g/mol. The third-order valence-electron chi connectivity index (χ3n) is 3.58. The van der Waals surface area contributed by atoms with E-state index in [1.165, 1.54) is 0 Å². The van der Waals surface area contributed by atoms with Gasteiger partial charge in [0.2, 0.25) is 5.91 Å². The van der Waals surface area contributed by atoms with Gasteiger partial charge < -0.3 is 5.32 Å². The lowest BCUT2D eigenvalue weighted by molar-refractivity contribution is -0.117. The topological polar surface area (TPSA) is 54.9 Å². The molecule has 0 aromatic carbocycles. The fraction of sp³-hybridized carbons (Fsp3) is 0.688. The Hall–Kier alpha value is -1.45. The summed E-state index contributed by atoms with van der Waals surface area (Å²) in [6.45, 7) is 14.7. The highest BCUT2D eigenvalue weighted by Gasteiger charge is 2.23. The normalized spacial score (nSPS) is 13.9. The van der Waals surface area contributed by atoms with Crippen LogP contribution in [0.4, 0.5) is 5.69 Å². The molecule has 1 rings (SSSR count). The summed E-state index contributed by atoms with van der Waals surface area (Å²) >= 11 is 0. The number of carbonyl (C=O) groups excluding carboxylic acids is 1. The number of hydrogen-bond donors (Lipinski definition) is 1. The van der Waals surface area contributed by atoms with E-state index < -0.39 is 0 Å². The first kappa shape index (κ1) is 16.6. The van der Waals surface area contributed by atoms with Crippen molar-refractivity contribution in [1.82, 2.24) is 9.97 Å². The van der Waals surface area contributed by atoms with Crippen LogP contribution in [0.2, 0.25) is 0 Å². The molecule has 112 valence electrons. The van der Waals surface area contributed by atoms with E-state index in [0.29, 0.717) is 18.0 Å². The van der Waals surface area contributed by atoms with Crippen molar-refractivity contribution in [1.29, 1.82) is 0 Å². The molecule has 0 fully saturated rings. The summed E-state index contributed by atoms with van der Waals surface area (Å²) < 4.78 is 0. The predicted molar refractivity (Wildman–Crippen MR) is 82.6 cm³/mol. The molecule has 1 N–H and O–H groups in total. The molecule has 4 heteroatoms. The molecule has 1 amide bonds. The molecule has 1 atom stereocenters. The number of rotatable bonds is 3. The molecule has 0 radical (unpaired) electrons. The molecule has 0 aliphatic carbocycles. The second-order valence-corrected chi connectivity index (χ2v) is 7.56. The summed E-state index contributed by atoms with van der Waals surface area (Å²) in [7, 11) is 0. The van der Waals surface area contributed by atoms with Gasteiger partial charge in [-0.25, -0.2) is 9.97 Å². The highest BCUT2D eigenvalue weighted by molar-refractivity contribution is 5.90. The van der Waals surface area contributed by atoms with Crippen LogP contribution in [-0.2, 0) is 10.2 Å². The lowest BCUT2D eigenvalue weighted by atomic mass is 9.80. The highest BCUT2D eigenvalue weighted by atomic mass is 16.1. The quantitative estimate of drug-likeness (QED) is 0.914. The Kier molecular flexibility index (Phi) is 4.90. The van der Waals surface area contributed by atoms with E-state index in [9.17, 15) is 4.79 Å². The van der Waals surface area contributed by atoms with E-state index in [0.717, 1.165) is 5.82 Å². The van der Waals surface area contributed by atoms with Gasteiger partial charge in [0.1, 0.15) is 5.82 Å². The standard InChI is InChI=1S/C16H27N3O/c1-11(15(2,3)4)8-13(20)19-12-9-17-14(18-10-12)16(5,6)7/h9-11H,8H2,1-7H3,(H,19,20). The van der Waals surface area contributed by atoms with Crippen LogP contribution in [0.25, 0.3) is 0 Å². The molecular formula is C16H27N3O. The molecule has 0 aliphatic rings. The summed E-state index contributed by atoms with van der Waals surface area (Å²) in [5, 5.41) is 2.86. The van der Waals surface area contributed by atoms with Gasteiger partial charge in [-0.1, -0.05) is 48.5 Å². The van der Waals surface area contributed by atoms with E-state index in [1.54, 1.807) is 12.4 Å². The Morgan fingerprint density at radius 3 is 2.05 bits per heavy atom. The molecule has 0 saturated carbocycles. The minimum absolute atomic E-state index is 0.0135. The Labute approximate surface area is 122 Å². The summed E-state index contributed by atoms with van der Waals surface area (Å²) in [5.41, 5.74) is 0.705. The number of nitrogens with zero attached hydrogens (tertiary/aromatic N) is 2. The van der Waals surface area contributed by atoms with Crippen molar-refractivity contribution in [3.05, 3.63) is 18.2 Å². The van der Waals surface area contributed by atoms with Gasteiger partial charge in [-0.15, -0.1) is 0 Å². The summed E-state index contributed by atoms with van der Waals surface area (Å²) in [6, 6.07) is 0. The zero-order chi connectivity index (χ0) is 15.6. The van der Waals surface area contributed by atoms with Crippen LogP contribution >= 0.6 is 0 Å². The van der Waals surface area contributed by atoms with Gasteiger partial charge in [-0.3, -0.25) is 4.79 Å². The number of hydrogen-bond acceptors (Lipinski definition) is 3. The van der Waals surface area contributed by atoms with Crippen LogP contribution in [0, 0.1) is 11.3 Å². The number of amides is 1. The van der Waals surface area contributed by atoms with E-state index >= 15 is 0 Å². The Bertz CT molecular complexity index is 452. The second-order valence-electron chi connectivity index (χ2n) is 7.56. The van der Waals surface area contributed by atoms with Gasteiger partial charge in [0.25, 0.3) is 0 Å². The largest absolute Gasteiger partial charge is 0.323 e. The Morgan fingerprint density at radius 2 is 1.65 bits per heavy atom. The molecule has 1 aromatic heterocycles. The SMILES string of the molecule is CC(CC(=O)Nc1cnc(C(C)(C)C)nc1)C(C)(C)C. The monoisotopic (exact) mass is 277 g/mol. The highest BCUT2D eigenvalue weighted by Crippen LogP contribution is 2.28. The Morgan fingerprint density at radius 1 is 1.15 bits per heavy atom. The van der Waals surface area contributed by atoms with Crippen LogP contribution < -0.4 is 5.32 Å². The molecule has 0 bridgehead atoms. The van der Waals surface area contributed by atoms with E-state index in [2.05, 4.69) is 63.8 Å². The van der Waals surface area contributed by atoms with Crippen molar-refractivity contribution < 1.29 is 4.79 Å². The minimum Gasteiger partial charge on any atom is -0.323 e. The molecule has 1 heterocycles. The second kappa shape index (κ2) is 5.90. The van der Waals surface area contributed by atoms with E-state index in [-0.39, 0.29) is 16.7 Å². The van der Waals surface area contributed by atoms with Crippen molar-refractivity contribution in [3.63, 3.8) is 0 Å². The van der Waals surface area contributed by atoms with Gasteiger partial charge in [-0.05, 0) is 11.3 Å². The van der Waals surface area contributed by atoms with Crippen LogP contribution in [-0.4, -0.2) is 15.9 Å². The van der Waals surface area contributed by atoms with E-state index in [1.807, 2.05) is 0 Å². The van der Waals surface area contributed by atoms with Crippen LogP contribution in [0.5, 0.6) is 0 Å². The summed E-state index contributed by atoms with van der Waals surface area (Å²) in [6.07, 6.45) is 3.85. The summed E-state index contributed by atoms with van der Waals surface area (Å²) in [5.74, 6) is 1.11. The maximum absolute atomic E-state index is 12.0. The third kappa shape index (κ3) is 4.91. The molecule has 4 nitrogen and oxygen atoms in total. The zero-order valence-corrected chi connectivity index (χ0v) is 13.7. The first-order valence-electron chi connectivity index (χ1n) is 7.12.